The van der Waals surface area contributed by atoms with Crippen molar-refractivity contribution in [1.29, 1.82) is 5.41 Å². The van der Waals surface area contributed by atoms with Crippen molar-refractivity contribution in [1.82, 2.24) is 0 Å². The molecule has 0 aliphatic heterocycles. The Hall–Kier alpha value is -2.78. The number of halogens is 1. The molecule has 3 aromatic carbocycles. The Kier molecular flexibility index (Phi) is 3.80. The standard InChI is InChI=1S/C19H14N2O.ClH/c20-19(21)13-10-8-12(9-11-13)14-5-3-6-16-15-4-1-2-7-17(15)22-18(14)16;/h1-11H,(H3,20,21);1H. The van der Waals surface area contributed by atoms with Crippen LogP contribution in [-0.4, -0.2) is 5.84 Å². The third-order valence-electron chi connectivity index (χ3n) is 3.91. The first-order chi connectivity index (χ1) is 10.7. The summed E-state index contributed by atoms with van der Waals surface area (Å²) in [6.07, 6.45) is 0. The average Bonchev–Trinajstić information content (AvgIpc) is 2.93. The molecular weight excluding hydrogens is 308 g/mol. The van der Waals surface area contributed by atoms with Crippen LogP contribution in [0.15, 0.2) is 71.1 Å². The number of fused-ring (bicyclic) bond motifs is 3. The summed E-state index contributed by atoms with van der Waals surface area (Å²) in [6, 6.07) is 21.9. The van der Waals surface area contributed by atoms with E-state index in [1.54, 1.807) is 0 Å². The number of nitrogens with one attached hydrogen (secondary N) is 1. The smallest absolute Gasteiger partial charge is 0.143 e. The van der Waals surface area contributed by atoms with Crippen LogP contribution in [-0.2, 0) is 0 Å². The zero-order chi connectivity index (χ0) is 15.1. The Bertz CT molecular complexity index is 1000. The molecular formula is C19H15ClN2O. The SMILES string of the molecule is Cl.N=C(N)c1ccc(-c2cccc3c2oc2ccccc23)cc1. The minimum atomic E-state index is 0. The number of hydrogen-bond donors (Lipinski definition) is 2. The summed E-state index contributed by atoms with van der Waals surface area (Å²) >= 11 is 0. The van der Waals surface area contributed by atoms with Gasteiger partial charge in [0.25, 0.3) is 0 Å². The van der Waals surface area contributed by atoms with E-state index in [0.717, 1.165) is 38.6 Å². The number of para-hydroxylation sites is 2. The second kappa shape index (κ2) is 5.78. The molecule has 4 rings (SSSR count). The maximum atomic E-state index is 7.47. The van der Waals surface area contributed by atoms with Crippen molar-refractivity contribution in [3.8, 4) is 11.1 Å². The molecule has 0 aliphatic carbocycles. The molecule has 0 fully saturated rings. The lowest BCUT2D eigenvalue weighted by molar-refractivity contribution is 0.670. The summed E-state index contributed by atoms with van der Waals surface area (Å²) in [5, 5.41) is 9.71. The molecule has 0 saturated heterocycles. The fourth-order valence-corrected chi connectivity index (χ4v) is 2.80. The van der Waals surface area contributed by atoms with Crippen LogP contribution in [0, 0.1) is 5.41 Å². The first-order valence-corrected chi connectivity index (χ1v) is 7.09. The molecule has 4 aromatic rings. The Morgan fingerprint density at radius 2 is 1.52 bits per heavy atom. The zero-order valence-corrected chi connectivity index (χ0v) is 13.1. The highest BCUT2D eigenvalue weighted by Crippen LogP contribution is 2.35. The van der Waals surface area contributed by atoms with Gasteiger partial charge in [0.15, 0.2) is 0 Å². The maximum Gasteiger partial charge on any atom is 0.143 e. The van der Waals surface area contributed by atoms with Crippen molar-refractivity contribution in [3.05, 3.63) is 72.3 Å². The number of hydrogen-bond acceptors (Lipinski definition) is 2. The van der Waals surface area contributed by atoms with E-state index < -0.39 is 0 Å². The summed E-state index contributed by atoms with van der Waals surface area (Å²) < 4.78 is 6.05. The number of amidine groups is 1. The Balaban J connectivity index is 0.00000156. The lowest BCUT2D eigenvalue weighted by atomic mass is 10.0. The predicted octanol–water partition coefficient (Wildman–Crippen LogP) is 4.96. The van der Waals surface area contributed by atoms with Crippen molar-refractivity contribution >= 4 is 40.2 Å². The van der Waals surface area contributed by atoms with Gasteiger partial charge in [0.1, 0.15) is 17.0 Å². The molecule has 0 saturated carbocycles. The summed E-state index contributed by atoms with van der Waals surface area (Å²) in [7, 11) is 0. The Morgan fingerprint density at radius 1 is 0.826 bits per heavy atom. The number of furan rings is 1. The third-order valence-corrected chi connectivity index (χ3v) is 3.91. The minimum absolute atomic E-state index is 0. The molecule has 0 atom stereocenters. The van der Waals surface area contributed by atoms with Gasteiger partial charge in [-0.2, -0.15) is 0 Å². The van der Waals surface area contributed by atoms with Gasteiger partial charge in [0, 0.05) is 21.9 Å². The van der Waals surface area contributed by atoms with E-state index in [-0.39, 0.29) is 18.2 Å². The number of nitrogens with two attached hydrogens (primary N) is 1. The summed E-state index contributed by atoms with van der Waals surface area (Å²) in [4.78, 5) is 0. The average molecular weight is 323 g/mol. The van der Waals surface area contributed by atoms with E-state index in [9.17, 15) is 0 Å². The molecule has 0 radical (unpaired) electrons. The summed E-state index contributed by atoms with van der Waals surface area (Å²) in [6.45, 7) is 0. The normalized spacial score (nSPS) is 10.6. The topological polar surface area (TPSA) is 63.0 Å². The summed E-state index contributed by atoms with van der Waals surface area (Å²) in [5.41, 5.74) is 10.1. The molecule has 0 unspecified atom stereocenters. The van der Waals surface area contributed by atoms with E-state index in [1.807, 2.05) is 54.6 Å². The van der Waals surface area contributed by atoms with E-state index in [2.05, 4.69) is 12.1 Å². The predicted molar refractivity (Wildman–Crippen MR) is 97.4 cm³/mol. The largest absolute Gasteiger partial charge is 0.455 e. The monoisotopic (exact) mass is 322 g/mol. The molecule has 0 aliphatic rings. The second-order valence-corrected chi connectivity index (χ2v) is 5.27. The van der Waals surface area contributed by atoms with Crippen LogP contribution < -0.4 is 5.73 Å². The van der Waals surface area contributed by atoms with Gasteiger partial charge in [-0.1, -0.05) is 60.7 Å². The van der Waals surface area contributed by atoms with Gasteiger partial charge >= 0.3 is 0 Å². The van der Waals surface area contributed by atoms with Crippen molar-refractivity contribution in [3.63, 3.8) is 0 Å². The van der Waals surface area contributed by atoms with Crippen LogP contribution in [0.25, 0.3) is 33.1 Å². The molecule has 0 spiro atoms. The highest BCUT2D eigenvalue weighted by Gasteiger charge is 2.11. The van der Waals surface area contributed by atoms with Crippen LogP contribution in [0.3, 0.4) is 0 Å². The number of rotatable bonds is 2. The third kappa shape index (κ3) is 2.45. The van der Waals surface area contributed by atoms with Crippen LogP contribution in [0.4, 0.5) is 0 Å². The molecule has 1 aromatic heterocycles. The van der Waals surface area contributed by atoms with Crippen LogP contribution >= 0.6 is 12.4 Å². The minimum Gasteiger partial charge on any atom is -0.455 e. The lowest BCUT2D eigenvalue weighted by Crippen LogP contribution is -2.10. The molecule has 4 heteroatoms. The van der Waals surface area contributed by atoms with E-state index >= 15 is 0 Å². The van der Waals surface area contributed by atoms with Gasteiger partial charge in [0.05, 0.1) is 0 Å². The van der Waals surface area contributed by atoms with Crippen molar-refractivity contribution in [2.75, 3.05) is 0 Å². The highest BCUT2D eigenvalue weighted by molar-refractivity contribution is 6.09. The fraction of sp³-hybridized carbons (Fsp3) is 0. The lowest BCUT2D eigenvalue weighted by Gasteiger charge is -2.04. The van der Waals surface area contributed by atoms with Crippen molar-refractivity contribution in [2.45, 2.75) is 0 Å². The quantitative estimate of drug-likeness (QED) is 0.405. The van der Waals surface area contributed by atoms with Gasteiger partial charge in [-0.25, -0.2) is 0 Å². The summed E-state index contributed by atoms with van der Waals surface area (Å²) in [5.74, 6) is 0.0773. The van der Waals surface area contributed by atoms with E-state index in [0.29, 0.717) is 0 Å². The molecule has 0 amide bonds. The van der Waals surface area contributed by atoms with E-state index in [1.165, 1.54) is 0 Å². The zero-order valence-electron chi connectivity index (χ0n) is 12.2. The second-order valence-electron chi connectivity index (χ2n) is 5.27. The fourth-order valence-electron chi connectivity index (χ4n) is 2.80. The van der Waals surface area contributed by atoms with Gasteiger partial charge in [-0.3, -0.25) is 5.41 Å². The van der Waals surface area contributed by atoms with Crippen LogP contribution in [0.5, 0.6) is 0 Å². The first-order valence-electron chi connectivity index (χ1n) is 7.09. The van der Waals surface area contributed by atoms with Crippen LogP contribution in [0.1, 0.15) is 5.56 Å². The van der Waals surface area contributed by atoms with Crippen LogP contribution in [0.2, 0.25) is 0 Å². The molecule has 3 nitrogen and oxygen atoms in total. The van der Waals surface area contributed by atoms with Gasteiger partial charge in [-0.15, -0.1) is 12.4 Å². The molecule has 3 N–H and O–H groups in total. The first kappa shape index (κ1) is 15.1. The molecule has 0 bridgehead atoms. The highest BCUT2D eigenvalue weighted by atomic mass is 35.5. The molecule has 114 valence electrons. The van der Waals surface area contributed by atoms with Crippen molar-refractivity contribution < 1.29 is 4.42 Å². The maximum absolute atomic E-state index is 7.47. The van der Waals surface area contributed by atoms with Gasteiger partial charge < -0.3 is 10.2 Å². The number of nitrogen functional groups attached to an aromatic ring is 1. The van der Waals surface area contributed by atoms with Gasteiger partial charge in [0.2, 0.25) is 0 Å². The molecule has 23 heavy (non-hydrogen) atoms. The Morgan fingerprint density at radius 3 is 2.26 bits per heavy atom. The molecule has 1 heterocycles. The number of benzene rings is 3. The Labute approximate surface area is 139 Å². The van der Waals surface area contributed by atoms with Crippen molar-refractivity contribution in [2.24, 2.45) is 5.73 Å². The van der Waals surface area contributed by atoms with E-state index in [4.69, 9.17) is 15.6 Å². The van der Waals surface area contributed by atoms with Gasteiger partial charge in [-0.05, 0) is 11.6 Å².